The highest BCUT2D eigenvalue weighted by atomic mass is 127. The van der Waals surface area contributed by atoms with Crippen LogP contribution in [0.4, 0.5) is 13.2 Å². The fourth-order valence-electron chi connectivity index (χ4n) is 1.18. The van der Waals surface area contributed by atoms with E-state index in [9.17, 15) is 18.0 Å². The Bertz CT molecular complexity index is 415. The first kappa shape index (κ1) is 14.0. The van der Waals surface area contributed by atoms with Crippen molar-refractivity contribution in [3.8, 4) is 0 Å². The SMILES string of the molecule is CC(Br)C(=O)c1cc(I)ccc1C(F)(F)F. The van der Waals surface area contributed by atoms with Crippen molar-refractivity contribution in [1.29, 1.82) is 0 Å². The van der Waals surface area contributed by atoms with Gasteiger partial charge in [-0.25, -0.2) is 0 Å². The number of ketones is 1. The Morgan fingerprint density at radius 3 is 2.44 bits per heavy atom. The van der Waals surface area contributed by atoms with Crippen LogP contribution in [-0.2, 0) is 6.18 Å². The number of benzene rings is 1. The molecular weight excluding hydrogens is 400 g/mol. The van der Waals surface area contributed by atoms with E-state index in [2.05, 4.69) is 15.9 Å². The zero-order valence-corrected chi connectivity index (χ0v) is 11.9. The number of hydrogen-bond donors (Lipinski definition) is 0. The molecule has 0 saturated carbocycles. The molecule has 0 aliphatic carbocycles. The van der Waals surface area contributed by atoms with Crippen LogP contribution in [0.5, 0.6) is 0 Å². The van der Waals surface area contributed by atoms with Crippen LogP contribution in [-0.4, -0.2) is 10.6 Å². The van der Waals surface area contributed by atoms with E-state index in [-0.39, 0.29) is 5.56 Å². The number of Topliss-reactive ketones (excluding diaryl/α,β-unsaturated/α-hetero) is 1. The maximum Gasteiger partial charge on any atom is 0.417 e. The number of halogens is 5. The smallest absolute Gasteiger partial charge is 0.293 e. The van der Waals surface area contributed by atoms with Crippen LogP contribution in [0, 0.1) is 3.57 Å². The van der Waals surface area contributed by atoms with Crippen LogP contribution in [0.3, 0.4) is 0 Å². The summed E-state index contributed by atoms with van der Waals surface area (Å²) in [7, 11) is 0. The van der Waals surface area contributed by atoms with Gasteiger partial charge in [-0.1, -0.05) is 15.9 Å². The van der Waals surface area contributed by atoms with Gasteiger partial charge in [0.25, 0.3) is 0 Å². The molecule has 0 saturated heterocycles. The lowest BCUT2D eigenvalue weighted by Gasteiger charge is -2.13. The predicted octanol–water partition coefficient (Wildman–Crippen LogP) is 4.28. The van der Waals surface area contributed by atoms with E-state index < -0.39 is 22.4 Å². The van der Waals surface area contributed by atoms with Gasteiger partial charge >= 0.3 is 6.18 Å². The fraction of sp³-hybridized carbons (Fsp3) is 0.300. The highest BCUT2D eigenvalue weighted by Crippen LogP contribution is 2.33. The molecule has 88 valence electrons. The van der Waals surface area contributed by atoms with Gasteiger partial charge in [-0.3, -0.25) is 4.79 Å². The van der Waals surface area contributed by atoms with Crippen molar-refractivity contribution in [2.45, 2.75) is 17.9 Å². The molecule has 16 heavy (non-hydrogen) atoms. The third-order valence-corrected chi connectivity index (χ3v) is 3.00. The maximum atomic E-state index is 12.6. The van der Waals surface area contributed by atoms with Crippen molar-refractivity contribution in [3.63, 3.8) is 0 Å². The molecule has 1 nitrogen and oxygen atoms in total. The van der Waals surface area contributed by atoms with E-state index in [1.54, 1.807) is 0 Å². The van der Waals surface area contributed by atoms with E-state index in [4.69, 9.17) is 0 Å². The van der Waals surface area contributed by atoms with Gasteiger partial charge in [-0.2, -0.15) is 13.2 Å². The van der Waals surface area contributed by atoms with Crippen LogP contribution in [0.25, 0.3) is 0 Å². The third kappa shape index (κ3) is 3.19. The van der Waals surface area contributed by atoms with E-state index in [0.29, 0.717) is 3.57 Å². The molecule has 0 aromatic heterocycles. The zero-order valence-electron chi connectivity index (χ0n) is 8.11. The zero-order chi connectivity index (χ0) is 12.5. The third-order valence-electron chi connectivity index (χ3n) is 1.91. The summed E-state index contributed by atoms with van der Waals surface area (Å²) in [6.07, 6.45) is -4.50. The van der Waals surface area contributed by atoms with Crippen LogP contribution in [0.1, 0.15) is 22.8 Å². The van der Waals surface area contributed by atoms with Gasteiger partial charge in [0, 0.05) is 9.13 Å². The molecule has 0 aliphatic rings. The fourth-order valence-corrected chi connectivity index (χ4v) is 1.92. The second-order valence-electron chi connectivity index (χ2n) is 3.17. The van der Waals surface area contributed by atoms with Gasteiger partial charge in [0.15, 0.2) is 5.78 Å². The molecular formula is C10H7BrF3IO. The molecule has 1 atom stereocenters. The molecule has 0 amide bonds. The van der Waals surface area contributed by atoms with Crippen molar-refractivity contribution >= 4 is 44.3 Å². The lowest BCUT2D eigenvalue weighted by molar-refractivity contribution is -0.137. The summed E-state index contributed by atoms with van der Waals surface area (Å²) in [6.45, 7) is 1.50. The van der Waals surface area contributed by atoms with E-state index in [1.165, 1.54) is 19.1 Å². The van der Waals surface area contributed by atoms with Crippen molar-refractivity contribution in [1.82, 2.24) is 0 Å². The van der Waals surface area contributed by atoms with Gasteiger partial charge in [0.2, 0.25) is 0 Å². The Morgan fingerprint density at radius 2 is 2.00 bits per heavy atom. The van der Waals surface area contributed by atoms with Crippen LogP contribution in [0.15, 0.2) is 18.2 Å². The summed E-state index contributed by atoms with van der Waals surface area (Å²) in [6, 6.07) is 3.52. The average Bonchev–Trinajstić information content (AvgIpc) is 2.14. The van der Waals surface area contributed by atoms with Crippen LogP contribution < -0.4 is 0 Å². The Labute approximate surface area is 113 Å². The minimum atomic E-state index is -4.50. The minimum Gasteiger partial charge on any atom is -0.293 e. The number of hydrogen-bond acceptors (Lipinski definition) is 1. The number of alkyl halides is 4. The van der Waals surface area contributed by atoms with Crippen molar-refractivity contribution in [2.24, 2.45) is 0 Å². The predicted molar refractivity (Wildman–Crippen MR) is 66.9 cm³/mol. The first-order valence-corrected chi connectivity index (χ1v) is 6.28. The topological polar surface area (TPSA) is 17.1 Å². The Morgan fingerprint density at radius 1 is 1.44 bits per heavy atom. The van der Waals surface area contributed by atoms with Crippen LogP contribution in [0.2, 0.25) is 0 Å². The molecule has 0 fully saturated rings. The summed E-state index contributed by atoms with van der Waals surface area (Å²) in [4.78, 5) is 11.0. The molecule has 1 aromatic rings. The first-order valence-electron chi connectivity index (χ1n) is 4.28. The summed E-state index contributed by atoms with van der Waals surface area (Å²) < 4.78 is 38.5. The summed E-state index contributed by atoms with van der Waals surface area (Å²) in [5.41, 5.74) is -1.17. The molecule has 1 unspecified atom stereocenters. The van der Waals surface area contributed by atoms with Crippen molar-refractivity contribution < 1.29 is 18.0 Å². The quantitative estimate of drug-likeness (QED) is 0.407. The summed E-state index contributed by atoms with van der Waals surface area (Å²) in [5, 5.41) is 0. The second kappa shape index (κ2) is 5.03. The largest absolute Gasteiger partial charge is 0.417 e. The number of carbonyl (C=O) groups is 1. The molecule has 0 bridgehead atoms. The Kier molecular flexibility index (Phi) is 4.39. The Hall–Kier alpha value is -0.110. The monoisotopic (exact) mass is 406 g/mol. The van der Waals surface area contributed by atoms with E-state index in [1.807, 2.05) is 22.6 Å². The van der Waals surface area contributed by atoms with E-state index in [0.717, 1.165) is 6.07 Å². The minimum absolute atomic E-state index is 0.288. The molecule has 0 N–H and O–H groups in total. The molecule has 0 radical (unpaired) electrons. The Balaban J connectivity index is 3.35. The number of carbonyl (C=O) groups excluding carboxylic acids is 1. The van der Waals surface area contributed by atoms with Gasteiger partial charge in [-0.05, 0) is 47.7 Å². The standard InChI is InChI=1S/C10H7BrF3IO/c1-5(11)9(16)7-4-6(15)2-3-8(7)10(12,13)14/h2-5H,1H3. The molecule has 1 rings (SSSR count). The molecule has 0 spiro atoms. The van der Waals surface area contributed by atoms with Crippen molar-refractivity contribution in [3.05, 3.63) is 32.9 Å². The average molecular weight is 407 g/mol. The van der Waals surface area contributed by atoms with Gasteiger partial charge in [0.1, 0.15) is 0 Å². The molecule has 1 aromatic carbocycles. The summed E-state index contributed by atoms with van der Waals surface area (Å²) in [5.74, 6) is -0.564. The van der Waals surface area contributed by atoms with Gasteiger partial charge in [-0.15, -0.1) is 0 Å². The van der Waals surface area contributed by atoms with Gasteiger partial charge in [0.05, 0.1) is 10.4 Å². The highest BCUT2D eigenvalue weighted by Gasteiger charge is 2.35. The first-order chi connectivity index (χ1) is 7.23. The molecule has 0 aliphatic heterocycles. The second-order valence-corrected chi connectivity index (χ2v) is 5.79. The lowest BCUT2D eigenvalue weighted by Crippen LogP contribution is -2.18. The summed E-state index contributed by atoms with van der Waals surface area (Å²) >= 11 is 4.85. The maximum absolute atomic E-state index is 12.6. The van der Waals surface area contributed by atoms with E-state index >= 15 is 0 Å². The normalized spacial score (nSPS) is 13.6. The van der Waals surface area contributed by atoms with Crippen LogP contribution >= 0.6 is 38.5 Å². The molecule has 6 heteroatoms. The highest BCUT2D eigenvalue weighted by molar-refractivity contribution is 14.1. The lowest BCUT2D eigenvalue weighted by atomic mass is 10.0. The van der Waals surface area contributed by atoms with Crippen molar-refractivity contribution in [2.75, 3.05) is 0 Å². The molecule has 0 heterocycles. The van der Waals surface area contributed by atoms with Gasteiger partial charge < -0.3 is 0 Å². The number of rotatable bonds is 2.